The van der Waals surface area contributed by atoms with Gasteiger partial charge < -0.3 is 10.5 Å². The zero-order valence-electron chi connectivity index (χ0n) is 7.65. The maximum absolute atomic E-state index is 11.2. The van der Waals surface area contributed by atoms with E-state index >= 15 is 0 Å². The molecule has 1 heterocycles. The van der Waals surface area contributed by atoms with Crippen molar-refractivity contribution in [1.29, 1.82) is 0 Å². The van der Waals surface area contributed by atoms with Crippen LogP contribution in [0.3, 0.4) is 0 Å². The number of hydrogen-bond acceptors (Lipinski definition) is 4. The van der Waals surface area contributed by atoms with Crippen molar-refractivity contribution < 1.29 is 9.53 Å². The highest BCUT2D eigenvalue weighted by Gasteiger charge is 2.13. The first-order valence-corrected chi connectivity index (χ1v) is 3.94. The zero-order chi connectivity index (χ0) is 9.84. The van der Waals surface area contributed by atoms with E-state index in [1.807, 2.05) is 0 Å². The topological polar surface area (TPSA) is 65.2 Å². The zero-order valence-corrected chi connectivity index (χ0v) is 7.65. The van der Waals surface area contributed by atoms with E-state index in [0.29, 0.717) is 11.1 Å². The number of aromatic nitrogens is 1. The van der Waals surface area contributed by atoms with Crippen LogP contribution in [0.15, 0.2) is 18.5 Å². The molecule has 0 aliphatic rings. The molecule has 1 aromatic heterocycles. The first-order chi connectivity index (χ1) is 6.16. The number of ether oxygens (including phenoxy) is 1. The lowest BCUT2D eigenvalue weighted by molar-refractivity contribution is 0.0599. The quantitative estimate of drug-likeness (QED) is 0.686. The van der Waals surface area contributed by atoms with Gasteiger partial charge in [0.15, 0.2) is 0 Å². The van der Waals surface area contributed by atoms with Crippen molar-refractivity contribution in [1.82, 2.24) is 4.98 Å². The van der Waals surface area contributed by atoms with E-state index in [0.717, 1.165) is 0 Å². The van der Waals surface area contributed by atoms with Gasteiger partial charge in [-0.15, -0.1) is 0 Å². The number of nitrogens with zero attached hydrogens (tertiary/aromatic N) is 1. The predicted octanol–water partition coefficient (Wildman–Crippen LogP) is 0.888. The molecule has 0 spiro atoms. The summed E-state index contributed by atoms with van der Waals surface area (Å²) in [7, 11) is 1.34. The van der Waals surface area contributed by atoms with Crippen LogP contribution < -0.4 is 5.73 Å². The molecule has 0 amide bonds. The molecule has 0 aliphatic carbocycles. The molecule has 4 heteroatoms. The van der Waals surface area contributed by atoms with Crippen molar-refractivity contribution in [3.8, 4) is 0 Å². The maximum Gasteiger partial charge on any atom is 0.338 e. The Morgan fingerprint density at radius 1 is 1.69 bits per heavy atom. The third-order valence-corrected chi connectivity index (χ3v) is 1.75. The predicted molar refractivity (Wildman–Crippen MR) is 48.2 cm³/mol. The summed E-state index contributed by atoms with van der Waals surface area (Å²) >= 11 is 0. The molecule has 1 rings (SSSR count). The van der Waals surface area contributed by atoms with Gasteiger partial charge in [0.05, 0.1) is 12.7 Å². The lowest BCUT2D eigenvalue weighted by Gasteiger charge is -2.09. The van der Waals surface area contributed by atoms with Gasteiger partial charge in [-0.1, -0.05) is 0 Å². The molecule has 1 aromatic rings. The third-order valence-electron chi connectivity index (χ3n) is 1.75. The van der Waals surface area contributed by atoms with Crippen LogP contribution in [0.1, 0.15) is 28.9 Å². The number of nitrogens with two attached hydrogens (primary N) is 1. The van der Waals surface area contributed by atoms with E-state index in [1.165, 1.54) is 13.3 Å². The van der Waals surface area contributed by atoms with Gasteiger partial charge >= 0.3 is 5.97 Å². The number of methoxy groups -OCH3 is 1. The Labute approximate surface area is 76.7 Å². The summed E-state index contributed by atoms with van der Waals surface area (Å²) in [6.07, 6.45) is 3.12. The first kappa shape index (κ1) is 9.67. The lowest BCUT2D eigenvalue weighted by Crippen LogP contribution is -2.13. The van der Waals surface area contributed by atoms with Gasteiger partial charge in [-0.2, -0.15) is 0 Å². The summed E-state index contributed by atoms with van der Waals surface area (Å²) in [5, 5.41) is 0. The highest BCUT2D eigenvalue weighted by Crippen LogP contribution is 2.14. The van der Waals surface area contributed by atoms with E-state index < -0.39 is 0 Å². The molecule has 2 N–H and O–H groups in total. The van der Waals surface area contributed by atoms with Gasteiger partial charge in [-0.3, -0.25) is 4.98 Å². The van der Waals surface area contributed by atoms with Crippen LogP contribution in [-0.2, 0) is 4.74 Å². The fourth-order valence-corrected chi connectivity index (χ4v) is 1.07. The van der Waals surface area contributed by atoms with Crippen LogP contribution in [0.2, 0.25) is 0 Å². The molecule has 0 bridgehead atoms. The van der Waals surface area contributed by atoms with Crippen LogP contribution in [0.5, 0.6) is 0 Å². The molecular weight excluding hydrogens is 168 g/mol. The average Bonchev–Trinajstić information content (AvgIpc) is 2.16. The van der Waals surface area contributed by atoms with Gasteiger partial charge in [0.1, 0.15) is 0 Å². The first-order valence-electron chi connectivity index (χ1n) is 3.94. The fraction of sp³-hybridized carbons (Fsp3) is 0.333. The van der Waals surface area contributed by atoms with Gasteiger partial charge in [0.25, 0.3) is 0 Å². The average molecular weight is 180 g/mol. The maximum atomic E-state index is 11.2. The van der Waals surface area contributed by atoms with E-state index in [1.54, 1.807) is 19.2 Å². The molecule has 0 radical (unpaired) electrons. The fourth-order valence-electron chi connectivity index (χ4n) is 1.07. The molecule has 0 saturated carbocycles. The smallest absolute Gasteiger partial charge is 0.338 e. The Kier molecular flexibility index (Phi) is 2.97. The van der Waals surface area contributed by atoms with Gasteiger partial charge in [-0.25, -0.2) is 4.79 Å². The Hall–Kier alpha value is -1.42. The van der Waals surface area contributed by atoms with Crippen LogP contribution in [0.4, 0.5) is 0 Å². The molecule has 70 valence electrons. The van der Waals surface area contributed by atoms with Crippen molar-refractivity contribution in [2.45, 2.75) is 13.0 Å². The van der Waals surface area contributed by atoms with Crippen LogP contribution in [0, 0.1) is 0 Å². The number of rotatable bonds is 2. The number of carbonyl (C=O) groups is 1. The molecule has 13 heavy (non-hydrogen) atoms. The number of esters is 1. The second-order valence-corrected chi connectivity index (χ2v) is 2.74. The van der Waals surface area contributed by atoms with Crippen molar-refractivity contribution in [3.63, 3.8) is 0 Å². The third kappa shape index (κ3) is 2.03. The van der Waals surface area contributed by atoms with Gasteiger partial charge in [0, 0.05) is 24.0 Å². The summed E-state index contributed by atoms with van der Waals surface area (Å²) in [5.74, 6) is -0.380. The van der Waals surface area contributed by atoms with Crippen LogP contribution in [-0.4, -0.2) is 18.1 Å². The summed E-state index contributed by atoms with van der Waals surface area (Å²) < 4.78 is 4.60. The molecule has 0 saturated heterocycles. The monoisotopic (exact) mass is 180 g/mol. The summed E-state index contributed by atoms with van der Waals surface area (Å²) in [6.45, 7) is 1.80. The molecule has 4 nitrogen and oxygen atoms in total. The number of hydrogen-bond donors (Lipinski definition) is 1. The number of pyridine rings is 1. The molecule has 1 unspecified atom stereocenters. The summed E-state index contributed by atoms with van der Waals surface area (Å²) in [6, 6.07) is 1.38. The summed E-state index contributed by atoms with van der Waals surface area (Å²) in [5.41, 5.74) is 6.84. The van der Waals surface area contributed by atoms with E-state index in [-0.39, 0.29) is 12.0 Å². The molecular formula is C9H12N2O2. The molecule has 1 atom stereocenters. The standard InChI is InChI=1S/C9H12N2O2/c1-6(10)8-5-11-4-3-7(8)9(12)13-2/h3-6H,10H2,1-2H3. The van der Waals surface area contributed by atoms with Crippen molar-refractivity contribution in [2.24, 2.45) is 5.73 Å². The van der Waals surface area contributed by atoms with Crippen LogP contribution in [0.25, 0.3) is 0 Å². The van der Waals surface area contributed by atoms with Gasteiger partial charge in [0.2, 0.25) is 0 Å². The SMILES string of the molecule is COC(=O)c1ccncc1C(C)N. The van der Waals surface area contributed by atoms with E-state index in [2.05, 4.69) is 9.72 Å². The second kappa shape index (κ2) is 4.00. The van der Waals surface area contributed by atoms with E-state index in [9.17, 15) is 4.79 Å². The number of carbonyl (C=O) groups excluding carboxylic acids is 1. The largest absolute Gasteiger partial charge is 0.465 e. The second-order valence-electron chi connectivity index (χ2n) is 2.74. The molecule has 0 aromatic carbocycles. The van der Waals surface area contributed by atoms with Crippen molar-refractivity contribution in [2.75, 3.05) is 7.11 Å². The Bertz CT molecular complexity index is 310. The molecule has 0 fully saturated rings. The van der Waals surface area contributed by atoms with E-state index in [4.69, 9.17) is 5.73 Å². The van der Waals surface area contributed by atoms with Crippen LogP contribution >= 0.6 is 0 Å². The minimum absolute atomic E-state index is 0.220. The molecule has 0 aliphatic heterocycles. The normalized spacial score (nSPS) is 12.2. The highest BCUT2D eigenvalue weighted by atomic mass is 16.5. The highest BCUT2D eigenvalue weighted by molar-refractivity contribution is 5.90. The lowest BCUT2D eigenvalue weighted by atomic mass is 10.1. The Morgan fingerprint density at radius 3 is 2.92 bits per heavy atom. The van der Waals surface area contributed by atoms with Gasteiger partial charge in [-0.05, 0) is 13.0 Å². The summed E-state index contributed by atoms with van der Waals surface area (Å²) in [4.78, 5) is 15.1. The minimum Gasteiger partial charge on any atom is -0.465 e. The Morgan fingerprint density at radius 2 is 2.38 bits per heavy atom. The van der Waals surface area contributed by atoms with Crippen molar-refractivity contribution >= 4 is 5.97 Å². The van der Waals surface area contributed by atoms with Crippen molar-refractivity contribution in [3.05, 3.63) is 29.6 Å². The minimum atomic E-state index is -0.380. The Balaban J connectivity index is 3.12.